The van der Waals surface area contributed by atoms with Crippen LogP contribution in [0.2, 0.25) is 0 Å². The molecule has 0 aliphatic carbocycles. The van der Waals surface area contributed by atoms with Gasteiger partial charge >= 0.3 is 5.97 Å². The Hall–Kier alpha value is -3.44. The summed E-state index contributed by atoms with van der Waals surface area (Å²) >= 11 is 1.23. The molecule has 27 heavy (non-hydrogen) atoms. The summed E-state index contributed by atoms with van der Waals surface area (Å²) in [6, 6.07) is 11.3. The zero-order valence-electron chi connectivity index (χ0n) is 14.3. The van der Waals surface area contributed by atoms with Crippen LogP contribution in [0.15, 0.2) is 46.9 Å². The highest BCUT2D eigenvalue weighted by atomic mass is 32.2. The van der Waals surface area contributed by atoms with Gasteiger partial charge in [-0.1, -0.05) is 12.1 Å². The van der Waals surface area contributed by atoms with Crippen molar-refractivity contribution in [3.8, 4) is 17.6 Å². The first-order valence-corrected chi connectivity index (χ1v) is 8.62. The van der Waals surface area contributed by atoms with Gasteiger partial charge in [-0.3, -0.25) is 4.79 Å². The van der Waals surface area contributed by atoms with Crippen LogP contribution in [-0.2, 0) is 10.5 Å². The molecule has 1 amide bonds. The number of rotatable bonds is 7. The van der Waals surface area contributed by atoms with E-state index in [2.05, 4.69) is 0 Å². The molecule has 4 N–H and O–H groups in total. The zero-order chi connectivity index (χ0) is 20.0. The van der Waals surface area contributed by atoms with Gasteiger partial charge in [0.15, 0.2) is 11.5 Å². The van der Waals surface area contributed by atoms with E-state index >= 15 is 0 Å². The molecule has 0 aliphatic heterocycles. The summed E-state index contributed by atoms with van der Waals surface area (Å²) in [5, 5.41) is 28.6. The van der Waals surface area contributed by atoms with Crippen LogP contribution in [0.5, 0.6) is 11.5 Å². The second-order valence-corrected chi connectivity index (χ2v) is 6.37. The molecule has 0 aromatic heterocycles. The van der Waals surface area contributed by atoms with Crippen molar-refractivity contribution in [1.29, 1.82) is 5.26 Å². The van der Waals surface area contributed by atoms with Gasteiger partial charge in [-0.05, 0) is 35.9 Å². The van der Waals surface area contributed by atoms with E-state index in [4.69, 9.17) is 15.7 Å². The molecular weight excluding hydrogens is 368 g/mol. The molecule has 2 aromatic carbocycles. The summed E-state index contributed by atoms with van der Waals surface area (Å²) in [4.78, 5) is 23.1. The van der Waals surface area contributed by atoms with Crippen molar-refractivity contribution in [2.45, 2.75) is 10.6 Å². The smallest absolute Gasteiger partial charge is 0.336 e. The van der Waals surface area contributed by atoms with E-state index in [0.29, 0.717) is 16.0 Å². The minimum absolute atomic E-state index is 0.104. The van der Waals surface area contributed by atoms with Crippen LogP contribution in [0.3, 0.4) is 0 Å². The van der Waals surface area contributed by atoms with Crippen LogP contribution in [-0.4, -0.2) is 29.2 Å². The molecule has 8 heteroatoms. The Morgan fingerprint density at radius 3 is 2.63 bits per heavy atom. The van der Waals surface area contributed by atoms with Gasteiger partial charge in [0.2, 0.25) is 0 Å². The Morgan fingerprint density at radius 1 is 1.33 bits per heavy atom. The Kier molecular flexibility index (Phi) is 6.46. The number of ether oxygens (including phenoxy) is 1. The van der Waals surface area contributed by atoms with Gasteiger partial charge in [0.1, 0.15) is 11.6 Å². The molecule has 138 valence electrons. The van der Waals surface area contributed by atoms with Crippen molar-refractivity contribution in [2.24, 2.45) is 5.73 Å². The summed E-state index contributed by atoms with van der Waals surface area (Å²) in [6.07, 6.45) is 1.30. The molecule has 2 aromatic rings. The maximum Gasteiger partial charge on any atom is 0.336 e. The van der Waals surface area contributed by atoms with Crippen LogP contribution in [0, 0.1) is 11.3 Å². The molecule has 0 bridgehead atoms. The van der Waals surface area contributed by atoms with Gasteiger partial charge in [-0.2, -0.15) is 5.26 Å². The fraction of sp³-hybridized carbons (Fsp3) is 0.105. The minimum atomic E-state index is -1.04. The number of carbonyl (C=O) groups is 2. The number of aromatic hydroxyl groups is 1. The minimum Gasteiger partial charge on any atom is -0.504 e. The molecule has 0 saturated heterocycles. The Balaban J connectivity index is 2.40. The predicted molar refractivity (Wildman–Crippen MR) is 100 cm³/mol. The van der Waals surface area contributed by atoms with Crippen LogP contribution >= 0.6 is 11.8 Å². The van der Waals surface area contributed by atoms with Crippen LogP contribution in [0.4, 0.5) is 0 Å². The summed E-state index contributed by atoms with van der Waals surface area (Å²) in [7, 11) is 1.37. The number of methoxy groups -OCH3 is 1. The summed E-state index contributed by atoms with van der Waals surface area (Å²) in [6.45, 7) is 0. The van der Waals surface area contributed by atoms with Crippen molar-refractivity contribution in [3.63, 3.8) is 0 Å². The predicted octanol–water partition coefficient (Wildman–Crippen LogP) is 2.78. The van der Waals surface area contributed by atoms with Crippen molar-refractivity contribution in [3.05, 3.63) is 58.7 Å². The van der Waals surface area contributed by atoms with E-state index < -0.39 is 11.9 Å². The number of carboxylic acid groups (broad SMARTS) is 1. The lowest BCUT2D eigenvalue weighted by atomic mass is 10.1. The molecule has 0 aliphatic rings. The number of benzene rings is 2. The lowest BCUT2D eigenvalue weighted by Gasteiger charge is -2.12. The number of amides is 1. The van der Waals surface area contributed by atoms with Gasteiger partial charge < -0.3 is 20.7 Å². The topological polar surface area (TPSA) is 134 Å². The number of hydrogen-bond donors (Lipinski definition) is 3. The lowest BCUT2D eigenvalue weighted by Crippen LogP contribution is -2.12. The number of primary amides is 1. The highest BCUT2D eigenvalue weighted by Crippen LogP contribution is 2.36. The van der Waals surface area contributed by atoms with E-state index in [0.717, 1.165) is 0 Å². The molecule has 0 radical (unpaired) electrons. The average Bonchev–Trinajstić information content (AvgIpc) is 2.65. The molecule has 0 atom stereocenters. The summed E-state index contributed by atoms with van der Waals surface area (Å²) < 4.78 is 5.13. The third-order valence-electron chi connectivity index (χ3n) is 3.59. The molecular formula is C19H16N2O5S. The highest BCUT2D eigenvalue weighted by Gasteiger charge is 2.14. The van der Waals surface area contributed by atoms with Gasteiger partial charge in [0.25, 0.3) is 5.91 Å². The number of phenolic OH excluding ortho intramolecular Hbond substituents is 1. The van der Waals surface area contributed by atoms with Crippen LogP contribution in [0.25, 0.3) is 6.08 Å². The first-order chi connectivity index (χ1) is 12.9. The first-order valence-electron chi connectivity index (χ1n) is 7.64. The number of hydrogen-bond acceptors (Lipinski definition) is 6. The lowest BCUT2D eigenvalue weighted by molar-refractivity contribution is -0.114. The van der Waals surface area contributed by atoms with Gasteiger partial charge in [-0.15, -0.1) is 11.8 Å². The quantitative estimate of drug-likeness (QED) is 0.380. The second kappa shape index (κ2) is 8.78. The normalized spacial score (nSPS) is 10.9. The number of nitriles is 1. The molecule has 2 rings (SSSR count). The largest absolute Gasteiger partial charge is 0.504 e. The molecule has 0 saturated carbocycles. The van der Waals surface area contributed by atoms with Crippen molar-refractivity contribution >= 4 is 29.7 Å². The van der Waals surface area contributed by atoms with Crippen LogP contribution < -0.4 is 10.5 Å². The third-order valence-corrected chi connectivity index (χ3v) is 4.72. The number of phenols is 1. The molecule has 7 nitrogen and oxygen atoms in total. The maximum absolute atomic E-state index is 11.3. The highest BCUT2D eigenvalue weighted by molar-refractivity contribution is 7.98. The summed E-state index contributed by atoms with van der Waals surface area (Å²) in [5.74, 6) is -1.61. The Morgan fingerprint density at radius 2 is 2.04 bits per heavy atom. The first kappa shape index (κ1) is 19.9. The van der Waals surface area contributed by atoms with E-state index in [1.165, 1.54) is 37.1 Å². The second-order valence-electron chi connectivity index (χ2n) is 5.35. The van der Waals surface area contributed by atoms with E-state index in [1.54, 1.807) is 30.3 Å². The number of thioether (sulfide) groups is 1. The van der Waals surface area contributed by atoms with Gasteiger partial charge in [0, 0.05) is 16.2 Å². The summed E-state index contributed by atoms with van der Waals surface area (Å²) in [5.41, 5.74) is 5.96. The molecule has 0 fully saturated rings. The zero-order valence-corrected chi connectivity index (χ0v) is 15.1. The van der Waals surface area contributed by atoms with E-state index in [1.807, 2.05) is 0 Å². The van der Waals surface area contributed by atoms with Crippen molar-refractivity contribution in [1.82, 2.24) is 0 Å². The fourth-order valence-corrected chi connectivity index (χ4v) is 3.30. The SMILES string of the molecule is COc1cc(/C=C(/C#N)C(N)=O)cc(CSc2ccccc2C(=O)O)c1O. The van der Waals surface area contributed by atoms with Gasteiger partial charge in [-0.25, -0.2) is 4.79 Å². The van der Waals surface area contributed by atoms with Crippen molar-refractivity contribution in [2.75, 3.05) is 7.11 Å². The average molecular weight is 384 g/mol. The number of carbonyl (C=O) groups excluding carboxylic acids is 1. The molecule has 0 unspecified atom stereocenters. The fourth-order valence-electron chi connectivity index (χ4n) is 2.29. The van der Waals surface area contributed by atoms with Crippen molar-refractivity contribution < 1.29 is 24.5 Å². The van der Waals surface area contributed by atoms with E-state index in [-0.39, 0.29) is 28.4 Å². The number of nitrogens with zero attached hydrogens (tertiary/aromatic N) is 1. The van der Waals surface area contributed by atoms with Crippen LogP contribution in [0.1, 0.15) is 21.5 Å². The Bertz CT molecular complexity index is 963. The number of carboxylic acids is 1. The number of aromatic carboxylic acids is 1. The van der Waals surface area contributed by atoms with E-state index in [9.17, 15) is 19.8 Å². The number of nitrogens with two attached hydrogens (primary N) is 1. The molecule has 0 spiro atoms. The maximum atomic E-state index is 11.3. The Labute approximate surface area is 159 Å². The standard InChI is InChI=1S/C19H16N2O5S/c1-26-15-8-11(6-12(9-20)18(21)23)7-13(17(15)22)10-27-16-5-3-2-4-14(16)19(24)25/h2-8,22H,10H2,1H3,(H2,21,23)(H,24,25)/b12-6-. The molecule has 0 heterocycles. The third kappa shape index (κ3) is 4.80. The van der Waals surface area contributed by atoms with Gasteiger partial charge in [0.05, 0.1) is 12.7 Å². The monoisotopic (exact) mass is 384 g/mol.